The van der Waals surface area contributed by atoms with E-state index in [0.717, 1.165) is 28.3 Å². The number of carbonyl (C=O) groups excluding carboxylic acids is 1. The van der Waals surface area contributed by atoms with Crippen LogP contribution in [0.1, 0.15) is 26.3 Å². The van der Waals surface area contributed by atoms with Crippen LogP contribution in [0.2, 0.25) is 0 Å². The van der Waals surface area contributed by atoms with Gasteiger partial charge in [0.15, 0.2) is 4.32 Å². The lowest BCUT2D eigenvalue weighted by atomic mass is 10.1. The van der Waals surface area contributed by atoms with Gasteiger partial charge in [-0.2, -0.15) is 0 Å². The number of hydrogen-bond acceptors (Lipinski definition) is 6. The number of ether oxygens (including phenoxy) is 1. The van der Waals surface area contributed by atoms with E-state index in [9.17, 15) is 24.6 Å². The highest BCUT2D eigenvalue weighted by Crippen LogP contribution is 2.37. The lowest BCUT2D eigenvalue weighted by molar-refractivity contribution is -0.113. The predicted octanol–water partition coefficient (Wildman–Crippen LogP) is 3.50. The van der Waals surface area contributed by atoms with Crippen LogP contribution in [0.3, 0.4) is 0 Å². The van der Waals surface area contributed by atoms with Crippen LogP contribution in [0.4, 0.5) is 5.69 Å². The number of nitrogens with zero attached hydrogens (tertiary/aromatic N) is 1. The summed E-state index contributed by atoms with van der Waals surface area (Å²) >= 11 is 6.32. The minimum atomic E-state index is -1.30. The molecule has 1 heterocycles. The van der Waals surface area contributed by atoms with Crippen LogP contribution in [0.25, 0.3) is 6.08 Å². The molecule has 1 aliphatic rings. The van der Waals surface area contributed by atoms with E-state index in [-0.39, 0.29) is 21.1 Å². The summed E-state index contributed by atoms with van der Waals surface area (Å²) in [5.74, 6) is -2.38. The standard InChI is InChI=1S/C19H13NO6S2/c1-26-14-4-2-10(3-5-14)6-15-16(21)20(19(27)28-15)13-8-11(17(22)23)7-12(9-13)18(24)25/h2-9H,1H3,(H,22,23)(H,24,25)/b15-6-. The quantitative estimate of drug-likeness (QED) is 0.565. The van der Waals surface area contributed by atoms with Crippen molar-refractivity contribution in [1.82, 2.24) is 0 Å². The third kappa shape index (κ3) is 3.90. The van der Waals surface area contributed by atoms with E-state index in [2.05, 4.69) is 0 Å². The van der Waals surface area contributed by atoms with Crippen LogP contribution in [-0.4, -0.2) is 39.5 Å². The molecule has 0 saturated carbocycles. The Morgan fingerprint density at radius 3 is 2.14 bits per heavy atom. The largest absolute Gasteiger partial charge is 0.497 e. The first-order valence-corrected chi connectivity index (χ1v) is 9.06. The Kier molecular flexibility index (Phi) is 5.48. The first-order chi connectivity index (χ1) is 13.3. The second kappa shape index (κ2) is 7.83. The molecule has 1 aliphatic heterocycles. The number of thioether (sulfide) groups is 1. The minimum absolute atomic E-state index is 0.0953. The van der Waals surface area contributed by atoms with Crippen LogP contribution in [0, 0.1) is 0 Å². The van der Waals surface area contributed by atoms with Crippen molar-refractivity contribution < 1.29 is 29.3 Å². The average molecular weight is 415 g/mol. The smallest absolute Gasteiger partial charge is 0.335 e. The highest BCUT2D eigenvalue weighted by molar-refractivity contribution is 8.27. The van der Waals surface area contributed by atoms with Crippen LogP contribution in [0.5, 0.6) is 5.75 Å². The third-order valence-corrected chi connectivity index (χ3v) is 5.18. The number of methoxy groups -OCH3 is 1. The molecule has 7 nitrogen and oxygen atoms in total. The van der Waals surface area contributed by atoms with Crippen molar-refractivity contribution in [2.45, 2.75) is 0 Å². The van der Waals surface area contributed by atoms with Gasteiger partial charge < -0.3 is 14.9 Å². The Balaban J connectivity index is 1.98. The second-order valence-electron chi connectivity index (χ2n) is 5.67. The van der Waals surface area contributed by atoms with Gasteiger partial charge in [-0.3, -0.25) is 9.69 Å². The zero-order valence-electron chi connectivity index (χ0n) is 14.4. The van der Waals surface area contributed by atoms with Crippen molar-refractivity contribution in [2.75, 3.05) is 12.0 Å². The van der Waals surface area contributed by atoms with Crippen molar-refractivity contribution >= 4 is 57.9 Å². The van der Waals surface area contributed by atoms with Gasteiger partial charge in [0, 0.05) is 0 Å². The summed E-state index contributed by atoms with van der Waals surface area (Å²) in [6, 6.07) is 10.5. The van der Waals surface area contributed by atoms with Crippen molar-refractivity contribution in [1.29, 1.82) is 0 Å². The summed E-state index contributed by atoms with van der Waals surface area (Å²) in [5.41, 5.74) is 0.357. The fourth-order valence-corrected chi connectivity index (χ4v) is 3.83. The average Bonchev–Trinajstić information content (AvgIpc) is 2.95. The van der Waals surface area contributed by atoms with Gasteiger partial charge in [0.05, 0.1) is 28.8 Å². The number of aromatic carboxylic acids is 2. The molecular weight excluding hydrogens is 402 g/mol. The lowest BCUT2D eigenvalue weighted by Crippen LogP contribution is -2.28. The fraction of sp³-hybridized carbons (Fsp3) is 0.0526. The van der Waals surface area contributed by atoms with Gasteiger partial charge >= 0.3 is 11.9 Å². The zero-order valence-corrected chi connectivity index (χ0v) is 16.0. The van der Waals surface area contributed by atoms with Gasteiger partial charge in [0.25, 0.3) is 5.91 Å². The Morgan fingerprint density at radius 1 is 1.07 bits per heavy atom. The van der Waals surface area contributed by atoms with Crippen LogP contribution in [-0.2, 0) is 4.79 Å². The van der Waals surface area contributed by atoms with Gasteiger partial charge in [0.1, 0.15) is 5.75 Å². The molecule has 0 radical (unpaired) electrons. The first-order valence-electron chi connectivity index (χ1n) is 7.84. The molecule has 1 amide bonds. The van der Waals surface area contributed by atoms with Gasteiger partial charge in [-0.15, -0.1) is 0 Å². The number of anilines is 1. The molecule has 0 spiro atoms. The van der Waals surface area contributed by atoms with E-state index in [1.807, 2.05) is 0 Å². The first kappa shape index (κ1) is 19.6. The van der Waals surface area contributed by atoms with Crippen LogP contribution < -0.4 is 9.64 Å². The third-order valence-electron chi connectivity index (χ3n) is 3.88. The zero-order chi connectivity index (χ0) is 20.4. The molecule has 2 aromatic rings. The maximum atomic E-state index is 12.8. The van der Waals surface area contributed by atoms with Gasteiger partial charge in [-0.1, -0.05) is 36.1 Å². The second-order valence-corrected chi connectivity index (χ2v) is 7.34. The number of carbonyl (C=O) groups is 3. The molecule has 2 aromatic carbocycles. The van der Waals surface area contributed by atoms with Crippen LogP contribution in [0.15, 0.2) is 47.4 Å². The van der Waals surface area contributed by atoms with E-state index in [1.54, 1.807) is 37.5 Å². The van der Waals surface area contributed by atoms with E-state index in [1.165, 1.54) is 12.1 Å². The van der Waals surface area contributed by atoms with E-state index < -0.39 is 17.8 Å². The van der Waals surface area contributed by atoms with E-state index >= 15 is 0 Å². The molecule has 0 aliphatic carbocycles. The number of hydrogen-bond donors (Lipinski definition) is 2. The van der Waals surface area contributed by atoms with Crippen molar-refractivity contribution in [3.8, 4) is 5.75 Å². The summed E-state index contributed by atoms with van der Waals surface area (Å²) in [5, 5.41) is 18.4. The van der Waals surface area contributed by atoms with Gasteiger partial charge in [0.2, 0.25) is 0 Å². The Hall–Kier alpha value is -3.17. The number of rotatable bonds is 5. The Labute approximate surface area is 169 Å². The highest BCUT2D eigenvalue weighted by atomic mass is 32.2. The maximum Gasteiger partial charge on any atom is 0.335 e. The molecular formula is C19H13NO6S2. The summed E-state index contributed by atoms with van der Waals surface area (Å²) < 4.78 is 5.28. The summed E-state index contributed by atoms with van der Waals surface area (Å²) in [6.07, 6.45) is 1.65. The topological polar surface area (TPSA) is 104 Å². The molecule has 142 valence electrons. The van der Waals surface area contributed by atoms with E-state index in [4.69, 9.17) is 17.0 Å². The van der Waals surface area contributed by atoms with E-state index in [0.29, 0.717) is 10.7 Å². The molecule has 0 unspecified atom stereocenters. The van der Waals surface area contributed by atoms with Crippen molar-refractivity contribution in [2.24, 2.45) is 0 Å². The van der Waals surface area contributed by atoms with Crippen molar-refractivity contribution in [3.63, 3.8) is 0 Å². The molecule has 1 fully saturated rings. The highest BCUT2D eigenvalue weighted by Gasteiger charge is 2.34. The molecule has 1 saturated heterocycles. The summed E-state index contributed by atoms with van der Waals surface area (Å²) in [6.45, 7) is 0. The number of amides is 1. The molecule has 2 N–H and O–H groups in total. The molecule has 9 heteroatoms. The monoisotopic (exact) mass is 415 g/mol. The number of carboxylic acids is 2. The number of benzene rings is 2. The SMILES string of the molecule is COc1ccc(/C=C2\SC(=S)N(c3cc(C(=O)O)cc(C(=O)O)c3)C2=O)cc1. The summed E-state index contributed by atoms with van der Waals surface area (Å²) in [4.78, 5) is 36.9. The predicted molar refractivity (Wildman–Crippen MR) is 109 cm³/mol. The fourth-order valence-electron chi connectivity index (χ4n) is 2.53. The number of carboxylic acid groups (broad SMARTS) is 2. The lowest BCUT2D eigenvalue weighted by Gasteiger charge is -2.16. The molecule has 28 heavy (non-hydrogen) atoms. The van der Waals surface area contributed by atoms with Gasteiger partial charge in [-0.05, 0) is 42.0 Å². The Morgan fingerprint density at radius 2 is 1.64 bits per heavy atom. The summed E-state index contributed by atoms with van der Waals surface area (Å²) in [7, 11) is 1.55. The molecule has 3 rings (SSSR count). The van der Waals surface area contributed by atoms with Crippen molar-refractivity contribution in [3.05, 3.63) is 64.1 Å². The van der Waals surface area contributed by atoms with Crippen LogP contribution >= 0.6 is 24.0 Å². The molecule has 0 aromatic heterocycles. The maximum absolute atomic E-state index is 12.8. The normalized spacial score (nSPS) is 15.2. The number of thiocarbonyl (C=S) groups is 1. The molecule has 0 bridgehead atoms. The molecule has 0 atom stereocenters. The minimum Gasteiger partial charge on any atom is -0.497 e. The van der Waals surface area contributed by atoms with Gasteiger partial charge in [-0.25, -0.2) is 9.59 Å². The Bertz CT molecular complexity index is 997.